The molecule has 2 fully saturated rings. The maximum Gasteiger partial charge on any atom is 0.482 e. The van der Waals surface area contributed by atoms with Crippen molar-refractivity contribution in [3.8, 4) is 0 Å². The number of hydrogen-bond donors (Lipinski definition) is 9. The molecule has 0 saturated carbocycles. The van der Waals surface area contributed by atoms with Crippen molar-refractivity contribution >= 4 is 54.2 Å². The Balaban J connectivity index is 1.40. The summed E-state index contributed by atoms with van der Waals surface area (Å²) in [7, 11) is -4.00. The van der Waals surface area contributed by atoms with Crippen LogP contribution in [0.5, 0.6) is 0 Å². The van der Waals surface area contributed by atoms with Crippen molar-refractivity contribution in [2.45, 2.75) is 61.2 Å². The minimum absolute atomic E-state index is 0.213. The van der Waals surface area contributed by atoms with Crippen LogP contribution in [0.15, 0.2) is 11.7 Å². The summed E-state index contributed by atoms with van der Waals surface area (Å²) in [5.41, 5.74) is 6.65. The third kappa shape index (κ3) is 7.09. The highest BCUT2D eigenvalue weighted by molar-refractivity contribution is 8.45. The fourth-order valence-electron chi connectivity index (χ4n) is 4.42. The number of alkyl halides is 1. The number of nitrogen functional groups attached to an aromatic ring is 1. The van der Waals surface area contributed by atoms with Gasteiger partial charge in [0.1, 0.15) is 61.0 Å². The highest BCUT2D eigenvalue weighted by Gasteiger charge is 2.51. The van der Waals surface area contributed by atoms with Gasteiger partial charge in [0.25, 0.3) is 0 Å². The van der Waals surface area contributed by atoms with Crippen molar-refractivity contribution in [2.24, 2.45) is 0 Å². The summed E-state index contributed by atoms with van der Waals surface area (Å²) in [5.74, 6) is 0.213. The van der Waals surface area contributed by atoms with Crippen molar-refractivity contribution in [3.63, 3.8) is 0 Å². The van der Waals surface area contributed by atoms with E-state index in [1.807, 2.05) is 0 Å². The number of nitrogens with two attached hydrogens (primary N) is 1. The molecule has 4 rings (SSSR count). The summed E-state index contributed by atoms with van der Waals surface area (Å²) < 4.78 is 66.4. The van der Waals surface area contributed by atoms with Crippen LogP contribution in [0.4, 0.5) is 10.2 Å². The van der Waals surface area contributed by atoms with E-state index < -0.39 is 89.1 Å². The summed E-state index contributed by atoms with van der Waals surface area (Å²) in [5, 5.41) is 53.2. The fraction of sp³-hybridized carbons (Fsp3) is 0.684. The number of anilines is 1. The lowest BCUT2D eigenvalue weighted by molar-refractivity contribution is -0.292. The van der Waals surface area contributed by atoms with Gasteiger partial charge in [-0.3, -0.25) is 9.05 Å². The summed E-state index contributed by atoms with van der Waals surface area (Å²) in [6.45, 7) is -6.33. The first-order chi connectivity index (χ1) is 19.2. The third-order valence-corrected chi connectivity index (χ3v) is 11.0. The monoisotopic (exact) mass is 666 g/mol. The highest BCUT2D eigenvalue weighted by atomic mass is 32.7. The largest absolute Gasteiger partial charge is 0.482 e. The number of thiophene rings is 1. The maximum atomic E-state index is 15.4. The van der Waals surface area contributed by atoms with Gasteiger partial charge in [0, 0.05) is 5.56 Å². The molecule has 7 unspecified atom stereocenters. The van der Waals surface area contributed by atoms with Gasteiger partial charge in [-0.2, -0.15) is 4.31 Å². The number of rotatable bonds is 11. The topological polar surface area (TPSA) is 265 Å². The van der Waals surface area contributed by atoms with Crippen molar-refractivity contribution in [1.82, 2.24) is 15.3 Å². The number of likely N-dealkylation sites (N-methyl/N-ethyl adjacent to an activating group) is 1. The quantitative estimate of drug-likeness (QED) is 0.103. The Labute approximate surface area is 240 Å². The molecule has 0 aliphatic carbocycles. The summed E-state index contributed by atoms with van der Waals surface area (Å²) in [6.07, 6.45) is -14.4. The standard InChI is InChI=1S/C19H29FN4O13P2S2/c1-22-11-8(34-15(9(11)20)6-4-41-17-10(6)23-5-24-18(17)21)3-33-39(32,40)37-38(30,31)36-19-14(29)12(27)13(28)16(35-19)7(26)2-25/h4-5,7-9,11-16,19,22,25-29H,2-3H2,1H3,(H,30,31)(H,32,40)(H2,21,23,24)/t7-,8+,9+,11+,12?,13?,14?,15-,16?,19?,39?/m0/s1. The summed E-state index contributed by atoms with van der Waals surface area (Å²) in [4.78, 5) is 18.2. The zero-order chi connectivity index (χ0) is 30.3. The molecule has 232 valence electrons. The molecule has 0 bridgehead atoms. The van der Waals surface area contributed by atoms with E-state index >= 15 is 4.39 Å². The van der Waals surface area contributed by atoms with E-state index in [1.54, 1.807) is 5.38 Å². The molecule has 9 N–H and O–H groups in total. The fourth-order valence-corrected chi connectivity index (χ4v) is 8.55. The molecule has 0 amide bonds. The minimum Gasteiger partial charge on any atom is -0.394 e. The number of thiol groups is 1. The molecule has 12 atom stereocenters. The van der Waals surface area contributed by atoms with E-state index in [0.29, 0.717) is 15.8 Å². The number of aliphatic hydroxyl groups is 5. The number of phosphoric acid groups is 1. The molecule has 2 aliphatic heterocycles. The number of aliphatic hydroxyl groups excluding tert-OH is 5. The van der Waals surface area contributed by atoms with Crippen LogP contribution in [0.2, 0.25) is 0 Å². The first kappa shape index (κ1) is 33.0. The zero-order valence-corrected chi connectivity index (χ0v) is 24.5. The van der Waals surface area contributed by atoms with Crippen molar-refractivity contribution < 1.29 is 66.8 Å². The van der Waals surface area contributed by atoms with E-state index in [1.165, 1.54) is 24.7 Å². The number of aromatic nitrogens is 2. The Kier molecular flexibility index (Phi) is 10.5. The van der Waals surface area contributed by atoms with E-state index in [9.17, 15) is 34.4 Å². The second-order valence-electron chi connectivity index (χ2n) is 9.09. The molecular weight excluding hydrogens is 637 g/mol. The average molecular weight is 667 g/mol. The first-order valence-corrected chi connectivity index (χ1v) is 16.9. The van der Waals surface area contributed by atoms with Crippen LogP contribution in [0.25, 0.3) is 10.2 Å². The van der Waals surface area contributed by atoms with Gasteiger partial charge < -0.3 is 51.0 Å². The number of hydrogen-bond acceptors (Lipinski definition) is 17. The van der Waals surface area contributed by atoms with Crippen LogP contribution < -0.4 is 11.1 Å². The van der Waals surface area contributed by atoms with Gasteiger partial charge in [0.15, 0.2) is 6.29 Å². The lowest BCUT2D eigenvalue weighted by Gasteiger charge is -2.41. The number of ether oxygens (including phenoxy) is 2. The lowest BCUT2D eigenvalue weighted by Crippen LogP contribution is -2.61. The minimum atomic E-state index is -5.45. The van der Waals surface area contributed by atoms with Crippen LogP contribution in [0, 0.1) is 0 Å². The van der Waals surface area contributed by atoms with Gasteiger partial charge in [-0.1, -0.05) is 12.2 Å². The maximum absolute atomic E-state index is 15.4. The Morgan fingerprint density at radius 3 is 2.61 bits per heavy atom. The predicted octanol–water partition coefficient (Wildman–Crippen LogP) is -1.01. The zero-order valence-electron chi connectivity index (χ0n) is 21.0. The Morgan fingerprint density at radius 1 is 1.24 bits per heavy atom. The number of phosphoric ester groups is 1. The molecule has 2 saturated heterocycles. The normalized spacial score (nSPS) is 36.2. The predicted molar refractivity (Wildman–Crippen MR) is 141 cm³/mol. The van der Waals surface area contributed by atoms with Crippen LogP contribution in [-0.2, 0) is 32.0 Å². The Hall–Kier alpha value is -0.900. The molecule has 0 aromatic carbocycles. The molecule has 2 aromatic rings. The Bertz CT molecular complexity index is 1310. The summed E-state index contributed by atoms with van der Waals surface area (Å²) in [6, 6.07) is -0.992. The second kappa shape index (κ2) is 13.0. The second-order valence-corrected chi connectivity index (χ2v) is 14.4. The third-order valence-electron chi connectivity index (χ3n) is 6.42. The lowest BCUT2D eigenvalue weighted by atomic mass is 9.96. The van der Waals surface area contributed by atoms with E-state index in [4.69, 9.17) is 24.8 Å². The molecule has 4 heterocycles. The van der Waals surface area contributed by atoms with E-state index in [0.717, 1.165) is 0 Å². The van der Waals surface area contributed by atoms with Crippen LogP contribution in [0.1, 0.15) is 11.7 Å². The molecule has 2 aliphatic rings. The number of nitrogens with one attached hydrogen (secondary N) is 1. The molecular formula is C19H29FN4O13P2S2. The molecule has 2 aromatic heterocycles. The highest BCUT2D eigenvalue weighted by Crippen LogP contribution is 2.66. The summed E-state index contributed by atoms with van der Waals surface area (Å²) >= 11 is 4.85. The smallest absolute Gasteiger partial charge is 0.394 e. The molecule has 41 heavy (non-hydrogen) atoms. The van der Waals surface area contributed by atoms with Gasteiger partial charge in [0.05, 0.1) is 29.5 Å². The van der Waals surface area contributed by atoms with Gasteiger partial charge >= 0.3 is 14.6 Å². The van der Waals surface area contributed by atoms with Gasteiger partial charge in [-0.15, -0.1) is 11.3 Å². The van der Waals surface area contributed by atoms with Crippen LogP contribution >= 0.6 is 38.2 Å². The first-order valence-electron chi connectivity index (χ1n) is 11.8. The molecule has 22 heteroatoms. The molecule has 17 nitrogen and oxygen atoms in total. The van der Waals surface area contributed by atoms with Gasteiger partial charge in [-0.25, -0.2) is 23.5 Å². The number of halogens is 1. The van der Waals surface area contributed by atoms with E-state index in [2.05, 4.69) is 36.4 Å². The van der Waals surface area contributed by atoms with Gasteiger partial charge in [-0.05, 0) is 12.4 Å². The van der Waals surface area contributed by atoms with Crippen molar-refractivity contribution in [2.75, 3.05) is 26.0 Å². The van der Waals surface area contributed by atoms with Crippen LogP contribution in [-0.4, -0.2) is 116 Å². The van der Waals surface area contributed by atoms with Crippen LogP contribution in [0.3, 0.4) is 0 Å². The molecule has 0 radical (unpaired) electrons. The van der Waals surface area contributed by atoms with Gasteiger partial charge in [0.2, 0.25) is 0 Å². The van der Waals surface area contributed by atoms with E-state index in [-0.39, 0.29) is 5.82 Å². The Morgan fingerprint density at radius 2 is 1.95 bits per heavy atom. The SMILES string of the molecule is CN[C@H]1[C@@H](F)[C@H](c2csc3c(N)ncnc23)O[C@@H]1COP(=O)(S)OP(=O)(O)OC1OC([C@@H](O)CO)C(O)C(O)C1O. The molecule has 0 spiro atoms. The number of nitrogens with zero attached hydrogens (tertiary/aromatic N) is 2. The average Bonchev–Trinajstić information content (AvgIpc) is 3.47. The van der Waals surface area contributed by atoms with Crippen molar-refractivity contribution in [3.05, 3.63) is 17.3 Å². The van der Waals surface area contributed by atoms with Crippen molar-refractivity contribution in [1.29, 1.82) is 0 Å². The number of fused-ring (bicyclic) bond motifs is 1.